The lowest BCUT2D eigenvalue weighted by Gasteiger charge is -2.20. The number of carbonyl (C=O) groups is 3. The Labute approximate surface area is 166 Å². The number of benzene rings is 2. The number of carbonyl (C=O) groups excluding carboxylic acids is 3. The Hall–Kier alpha value is -2.95. The molecular weight excluding hydrogens is 354 g/mol. The van der Waals surface area contributed by atoms with Crippen LogP contribution < -0.4 is 5.32 Å². The van der Waals surface area contributed by atoms with E-state index in [0.717, 1.165) is 17.5 Å². The second kappa shape index (κ2) is 10.4. The Bertz CT molecular complexity index is 797. The summed E-state index contributed by atoms with van der Waals surface area (Å²) >= 11 is 0. The second-order valence-electron chi connectivity index (χ2n) is 7.03. The minimum absolute atomic E-state index is 0.161. The average molecular weight is 381 g/mol. The van der Waals surface area contributed by atoms with Crippen molar-refractivity contribution >= 4 is 17.7 Å². The van der Waals surface area contributed by atoms with Crippen LogP contribution in [-0.2, 0) is 27.2 Å². The van der Waals surface area contributed by atoms with Crippen molar-refractivity contribution in [2.75, 3.05) is 6.61 Å². The Morgan fingerprint density at radius 3 is 2.14 bits per heavy atom. The molecule has 0 aliphatic heterocycles. The molecule has 1 atom stereocenters. The fourth-order valence-electron chi connectivity index (χ4n) is 2.74. The van der Waals surface area contributed by atoms with E-state index >= 15 is 0 Å². The molecule has 5 heteroatoms. The van der Waals surface area contributed by atoms with Crippen molar-refractivity contribution in [3.05, 3.63) is 71.3 Å². The normalized spacial score (nSPS) is 11.7. The summed E-state index contributed by atoms with van der Waals surface area (Å²) in [5.41, 5.74) is 2.50. The number of esters is 1. The fraction of sp³-hybridized carbons (Fsp3) is 0.348. The van der Waals surface area contributed by atoms with Crippen LogP contribution in [0.3, 0.4) is 0 Å². The van der Waals surface area contributed by atoms with E-state index in [0.29, 0.717) is 5.56 Å². The number of aryl methyl sites for hydroxylation is 1. The highest BCUT2D eigenvalue weighted by atomic mass is 16.5. The van der Waals surface area contributed by atoms with Gasteiger partial charge in [-0.1, -0.05) is 75.4 Å². The van der Waals surface area contributed by atoms with Gasteiger partial charge in [-0.25, -0.2) is 4.79 Å². The van der Waals surface area contributed by atoms with Crippen LogP contribution in [0.1, 0.15) is 42.3 Å². The summed E-state index contributed by atoms with van der Waals surface area (Å²) in [6.07, 6.45) is 1.07. The lowest BCUT2D eigenvalue weighted by molar-refractivity contribution is -0.148. The van der Waals surface area contributed by atoms with Crippen molar-refractivity contribution < 1.29 is 19.1 Å². The molecule has 0 unspecified atom stereocenters. The van der Waals surface area contributed by atoms with Gasteiger partial charge in [0, 0.05) is 5.56 Å². The van der Waals surface area contributed by atoms with E-state index in [2.05, 4.69) is 5.32 Å². The molecule has 0 heterocycles. The molecule has 1 amide bonds. The lowest BCUT2D eigenvalue weighted by atomic mass is 10.0. The van der Waals surface area contributed by atoms with E-state index in [9.17, 15) is 14.4 Å². The molecule has 1 N–H and O–H groups in total. The van der Waals surface area contributed by atoms with E-state index in [1.807, 2.05) is 63.2 Å². The monoisotopic (exact) mass is 381 g/mol. The van der Waals surface area contributed by atoms with Crippen LogP contribution in [0.4, 0.5) is 0 Å². The first-order chi connectivity index (χ1) is 13.4. The summed E-state index contributed by atoms with van der Waals surface area (Å²) in [7, 11) is 0. The van der Waals surface area contributed by atoms with Gasteiger partial charge in [0.15, 0.2) is 12.4 Å². The Morgan fingerprint density at radius 1 is 0.929 bits per heavy atom. The molecule has 0 aromatic heterocycles. The van der Waals surface area contributed by atoms with Crippen molar-refractivity contribution in [2.24, 2.45) is 5.92 Å². The average Bonchev–Trinajstić information content (AvgIpc) is 2.70. The highest BCUT2D eigenvalue weighted by Crippen LogP contribution is 2.09. The van der Waals surface area contributed by atoms with E-state index in [1.54, 1.807) is 12.1 Å². The molecule has 0 aliphatic carbocycles. The summed E-state index contributed by atoms with van der Waals surface area (Å²) < 4.78 is 5.19. The zero-order valence-electron chi connectivity index (χ0n) is 16.6. The van der Waals surface area contributed by atoms with Gasteiger partial charge >= 0.3 is 5.97 Å². The Morgan fingerprint density at radius 2 is 1.57 bits per heavy atom. The molecule has 0 bridgehead atoms. The van der Waals surface area contributed by atoms with Crippen LogP contribution in [0.5, 0.6) is 0 Å². The standard InChI is InChI=1S/C23H27NO4/c1-4-17-10-12-19(13-11-17)20(25)15-28-23(27)22(16(2)3)24-21(26)14-18-8-6-5-7-9-18/h5-13,16,22H,4,14-15H2,1-3H3,(H,24,26)/t22-/m0/s1. The fourth-order valence-corrected chi connectivity index (χ4v) is 2.74. The predicted octanol–water partition coefficient (Wildman–Crippen LogP) is 3.36. The zero-order chi connectivity index (χ0) is 20.5. The molecular formula is C23H27NO4. The van der Waals surface area contributed by atoms with Gasteiger partial charge in [0.05, 0.1) is 6.42 Å². The third-order valence-corrected chi connectivity index (χ3v) is 4.47. The van der Waals surface area contributed by atoms with E-state index < -0.39 is 12.0 Å². The third kappa shape index (κ3) is 6.34. The molecule has 0 fully saturated rings. The van der Waals surface area contributed by atoms with Crippen LogP contribution in [0.25, 0.3) is 0 Å². The number of rotatable bonds is 9. The van der Waals surface area contributed by atoms with Gasteiger partial charge in [-0.2, -0.15) is 0 Å². The number of Topliss-reactive ketones (excluding diaryl/α,β-unsaturated/α-hetero) is 1. The molecule has 2 aromatic carbocycles. The van der Waals surface area contributed by atoms with Gasteiger partial charge in [0.2, 0.25) is 5.91 Å². The van der Waals surface area contributed by atoms with Crippen molar-refractivity contribution in [3.63, 3.8) is 0 Å². The maximum atomic E-state index is 12.4. The first kappa shape index (κ1) is 21.4. The topological polar surface area (TPSA) is 72.5 Å². The highest BCUT2D eigenvalue weighted by Gasteiger charge is 2.26. The summed E-state index contributed by atoms with van der Waals surface area (Å²) in [6, 6.07) is 15.7. The summed E-state index contributed by atoms with van der Waals surface area (Å²) in [6.45, 7) is 5.33. The van der Waals surface area contributed by atoms with Gasteiger partial charge < -0.3 is 10.1 Å². The lowest BCUT2D eigenvalue weighted by Crippen LogP contribution is -2.46. The minimum atomic E-state index is -0.800. The van der Waals surface area contributed by atoms with Gasteiger partial charge in [-0.05, 0) is 23.5 Å². The molecule has 28 heavy (non-hydrogen) atoms. The van der Waals surface area contributed by atoms with Crippen molar-refractivity contribution in [2.45, 2.75) is 39.7 Å². The third-order valence-electron chi connectivity index (χ3n) is 4.47. The molecule has 148 valence electrons. The number of hydrogen-bond donors (Lipinski definition) is 1. The molecule has 2 rings (SSSR count). The largest absolute Gasteiger partial charge is 0.456 e. The van der Waals surface area contributed by atoms with Crippen LogP contribution >= 0.6 is 0 Å². The highest BCUT2D eigenvalue weighted by molar-refractivity contribution is 5.98. The quantitative estimate of drug-likeness (QED) is 0.534. The number of ether oxygens (including phenoxy) is 1. The van der Waals surface area contributed by atoms with Gasteiger partial charge in [0.25, 0.3) is 0 Å². The molecule has 0 saturated heterocycles. The minimum Gasteiger partial charge on any atom is -0.456 e. The van der Waals surface area contributed by atoms with Gasteiger partial charge in [-0.3, -0.25) is 9.59 Å². The van der Waals surface area contributed by atoms with Crippen LogP contribution in [-0.4, -0.2) is 30.3 Å². The first-order valence-electron chi connectivity index (χ1n) is 9.52. The molecule has 0 radical (unpaired) electrons. The van der Waals surface area contributed by atoms with Crippen LogP contribution in [0.15, 0.2) is 54.6 Å². The van der Waals surface area contributed by atoms with E-state index in [4.69, 9.17) is 4.74 Å². The van der Waals surface area contributed by atoms with Gasteiger partial charge in [-0.15, -0.1) is 0 Å². The van der Waals surface area contributed by atoms with E-state index in [1.165, 1.54) is 0 Å². The Balaban J connectivity index is 1.90. The number of nitrogens with one attached hydrogen (secondary N) is 1. The molecule has 0 aliphatic rings. The molecule has 2 aromatic rings. The van der Waals surface area contributed by atoms with Crippen molar-refractivity contribution in [1.82, 2.24) is 5.32 Å². The number of hydrogen-bond acceptors (Lipinski definition) is 4. The Kier molecular flexibility index (Phi) is 7.93. The van der Waals surface area contributed by atoms with E-state index in [-0.39, 0.29) is 30.6 Å². The maximum Gasteiger partial charge on any atom is 0.329 e. The molecule has 0 saturated carbocycles. The zero-order valence-corrected chi connectivity index (χ0v) is 16.6. The first-order valence-corrected chi connectivity index (χ1v) is 9.52. The van der Waals surface area contributed by atoms with Crippen molar-refractivity contribution in [3.8, 4) is 0 Å². The summed E-state index contributed by atoms with van der Waals surface area (Å²) in [5.74, 6) is -1.29. The predicted molar refractivity (Wildman–Crippen MR) is 108 cm³/mol. The second-order valence-corrected chi connectivity index (χ2v) is 7.03. The molecule has 0 spiro atoms. The smallest absolute Gasteiger partial charge is 0.329 e. The van der Waals surface area contributed by atoms with Gasteiger partial charge in [0.1, 0.15) is 6.04 Å². The maximum absolute atomic E-state index is 12.4. The van der Waals surface area contributed by atoms with Crippen molar-refractivity contribution in [1.29, 1.82) is 0 Å². The number of ketones is 1. The summed E-state index contributed by atoms with van der Waals surface area (Å²) in [5, 5.41) is 2.72. The van der Waals surface area contributed by atoms with Crippen LogP contribution in [0.2, 0.25) is 0 Å². The van der Waals surface area contributed by atoms with Crippen LogP contribution in [0, 0.1) is 5.92 Å². The SMILES string of the molecule is CCc1ccc(C(=O)COC(=O)[C@@H](NC(=O)Cc2ccccc2)C(C)C)cc1. The molecule has 5 nitrogen and oxygen atoms in total. The number of amides is 1. The summed E-state index contributed by atoms with van der Waals surface area (Å²) in [4.78, 5) is 36.9.